The van der Waals surface area contributed by atoms with Gasteiger partial charge in [0.05, 0.1) is 34.7 Å². The van der Waals surface area contributed by atoms with E-state index in [4.69, 9.17) is 23.2 Å². The van der Waals surface area contributed by atoms with Gasteiger partial charge < -0.3 is 40.2 Å². The predicted molar refractivity (Wildman–Crippen MR) is 246 cm³/mol. The smallest absolute Gasteiger partial charge is 0.545 e. The summed E-state index contributed by atoms with van der Waals surface area (Å²) in [5.41, 5.74) is 1.25. The van der Waals surface area contributed by atoms with Gasteiger partial charge in [0.25, 0.3) is 0 Å². The Kier molecular flexibility index (Phi) is 15.5. The molecule has 8 aromatic rings. The van der Waals surface area contributed by atoms with Crippen molar-refractivity contribution in [2.75, 3.05) is 0 Å². The van der Waals surface area contributed by atoms with Crippen LogP contribution in [0.4, 0.5) is 22.7 Å². The summed E-state index contributed by atoms with van der Waals surface area (Å²) in [4.78, 5) is 48.5. The van der Waals surface area contributed by atoms with E-state index in [0.717, 1.165) is 0 Å². The summed E-state index contributed by atoms with van der Waals surface area (Å²) in [7, 11) is 0. The van der Waals surface area contributed by atoms with Crippen molar-refractivity contribution in [1.29, 1.82) is 0 Å². The Bertz CT molecular complexity index is 3170. The molecule has 69 heavy (non-hydrogen) atoms. The number of rotatable bonds is 12. The number of hydrogen-bond donors (Lipinski definition) is 4. The molecule has 0 unspecified atom stereocenters. The number of aromatic nitrogens is 4. The molecule has 0 aliphatic heterocycles. The number of hydrogen-bond acceptors (Lipinski definition) is 16. The zero-order valence-electron chi connectivity index (χ0n) is 38.7. The molecule has 0 aliphatic rings. The number of aromatic hydroxyl groups is 4. The fraction of sp³-hybridized carbons (Fsp3) is 0.0417. The topological polar surface area (TPSA) is 280 Å². The molecule has 346 valence electrons. The maximum Gasteiger partial charge on any atom is 1.00 e. The van der Waals surface area contributed by atoms with Crippen molar-refractivity contribution >= 4 is 69.5 Å². The van der Waals surface area contributed by atoms with Crippen LogP contribution in [0.5, 0.6) is 23.3 Å². The molecule has 0 saturated carbocycles. The monoisotopic (exact) mass is 1010 g/mol. The first-order chi connectivity index (χ1) is 32.5. The molecular weight excluding hydrogens is 971 g/mol. The molecule has 21 heteroatoms. The minimum Gasteiger partial charge on any atom is -0.545 e. The van der Waals surface area contributed by atoms with E-state index >= 15 is 0 Å². The number of carbonyl (C=O) groups is 4. The third-order valence-corrected chi connectivity index (χ3v) is 10.4. The number of azo groups is 2. The molecule has 0 radical (unpaired) electrons. The van der Waals surface area contributed by atoms with Crippen molar-refractivity contribution in [3.63, 3.8) is 0 Å². The normalized spacial score (nSPS) is 11.0. The minimum absolute atomic E-state index is 0. The number of aromatic carboxylic acids is 2. The van der Waals surface area contributed by atoms with Crippen LogP contribution in [0.15, 0.2) is 154 Å². The molecule has 4 N–H and O–H groups in total. The van der Waals surface area contributed by atoms with E-state index in [1.54, 1.807) is 62.4 Å². The largest absolute Gasteiger partial charge is 1.00 e. The van der Waals surface area contributed by atoms with Gasteiger partial charge in [-0.2, -0.15) is 19.6 Å². The number of carbonyl (C=O) groups excluding carboxylic acids is 4. The van der Waals surface area contributed by atoms with E-state index in [0.29, 0.717) is 32.8 Å². The van der Waals surface area contributed by atoms with Crippen LogP contribution in [-0.4, -0.2) is 63.5 Å². The van der Waals surface area contributed by atoms with Gasteiger partial charge in [0.1, 0.15) is 22.9 Å². The van der Waals surface area contributed by atoms with Gasteiger partial charge in [0.2, 0.25) is 11.8 Å². The first kappa shape index (κ1) is 50.0. The number of halogens is 2. The molecule has 0 amide bonds. The SMILES string of the molecule is Cc1nn(-c2cccc(Cl)c2)c(O)c1N=Nc1cc(C(=O)c2ccccc2C(=O)[O-])ccc1O.Cc1nn(-c2cccc(Cl)c2)c(O)c1N=Nc1cc(C(=O)c2ccccc2C(=O)[O-])ccc1O.[Cr].[H+].[H+].[H+]. The van der Waals surface area contributed by atoms with Crippen molar-refractivity contribution in [3.8, 4) is 34.6 Å². The van der Waals surface area contributed by atoms with Gasteiger partial charge in [-0.05, 0) is 86.6 Å². The molecular formula is C48H35Cl2CrN8O10+. The van der Waals surface area contributed by atoms with E-state index < -0.39 is 23.5 Å². The van der Waals surface area contributed by atoms with E-state index in [1.807, 2.05) is 0 Å². The van der Waals surface area contributed by atoms with E-state index in [1.165, 1.54) is 94.3 Å². The van der Waals surface area contributed by atoms with Crippen molar-refractivity contribution in [1.82, 2.24) is 19.6 Å². The summed E-state index contributed by atoms with van der Waals surface area (Å²) >= 11 is 12.0. The van der Waals surface area contributed by atoms with Crippen LogP contribution in [0.1, 0.15) is 68.2 Å². The first-order valence-corrected chi connectivity index (χ1v) is 20.6. The molecule has 0 atom stereocenters. The maximum absolute atomic E-state index is 12.9. The van der Waals surface area contributed by atoms with Crippen molar-refractivity contribution < 1.29 is 71.5 Å². The fourth-order valence-electron chi connectivity index (χ4n) is 6.55. The van der Waals surface area contributed by atoms with Crippen LogP contribution >= 0.6 is 23.2 Å². The number of phenolic OH excluding ortho intramolecular Hbond substituents is 2. The number of carboxylic acid groups (broad SMARTS) is 2. The number of phenols is 2. The molecule has 0 spiro atoms. The van der Waals surface area contributed by atoms with Crippen LogP contribution < -0.4 is 10.2 Å². The van der Waals surface area contributed by atoms with E-state index in [-0.39, 0.29) is 101 Å². The molecule has 2 aromatic heterocycles. The van der Waals surface area contributed by atoms with E-state index in [9.17, 15) is 49.8 Å². The molecule has 0 saturated heterocycles. The average molecular weight is 1010 g/mol. The third-order valence-electron chi connectivity index (χ3n) is 9.89. The quantitative estimate of drug-likeness (QED) is 0.0660. The third kappa shape index (κ3) is 11.1. The summed E-state index contributed by atoms with van der Waals surface area (Å²) in [5.74, 6) is -5.28. The Morgan fingerprint density at radius 3 is 1.22 bits per heavy atom. The van der Waals surface area contributed by atoms with Gasteiger partial charge in [0, 0.05) is 60.8 Å². The van der Waals surface area contributed by atoms with Gasteiger partial charge in [-0.3, -0.25) is 9.59 Å². The van der Waals surface area contributed by atoms with Crippen molar-refractivity contribution in [2.24, 2.45) is 20.5 Å². The Hall–Kier alpha value is -8.47. The average Bonchev–Trinajstić information content (AvgIpc) is 3.78. The van der Waals surface area contributed by atoms with Gasteiger partial charge >= 0.3 is 4.28 Å². The number of aryl methyl sites for hydroxylation is 2. The van der Waals surface area contributed by atoms with Crippen LogP contribution in [0.25, 0.3) is 11.4 Å². The predicted octanol–water partition coefficient (Wildman–Crippen LogP) is 8.85. The zero-order valence-corrected chi connectivity index (χ0v) is 38.5. The molecule has 6 aromatic carbocycles. The molecule has 0 aliphatic carbocycles. The zero-order chi connectivity index (χ0) is 48.8. The summed E-state index contributed by atoms with van der Waals surface area (Å²) in [6, 6.07) is 32.4. The molecule has 8 rings (SSSR count). The second-order valence-corrected chi connectivity index (χ2v) is 15.3. The fourth-order valence-corrected chi connectivity index (χ4v) is 6.92. The Morgan fingerprint density at radius 1 is 0.507 bits per heavy atom. The van der Waals surface area contributed by atoms with Gasteiger partial charge in [-0.15, -0.1) is 20.5 Å². The standard InChI is InChI=1S/2C24H17ClN4O5.Cr/c2*1-13-21(23(32)29(28-13)16-6-4-5-15(25)12-16)27-26-19-11-14(9-10-20(19)30)22(31)17-7-2-3-8-18(17)24(33)34;/h2*2-12,30,32H,1H3,(H,33,34);/p+1. The van der Waals surface area contributed by atoms with Crippen LogP contribution in [-0.2, 0) is 17.4 Å². The number of nitrogens with zero attached hydrogens (tertiary/aromatic N) is 8. The van der Waals surface area contributed by atoms with Crippen molar-refractivity contribution in [3.05, 3.63) is 188 Å². The summed E-state index contributed by atoms with van der Waals surface area (Å²) in [6.45, 7) is 3.23. The number of carboxylic acids is 2. The van der Waals surface area contributed by atoms with Crippen LogP contribution in [0.2, 0.25) is 10.0 Å². The molecule has 0 bridgehead atoms. The second-order valence-electron chi connectivity index (χ2n) is 14.4. The summed E-state index contributed by atoms with van der Waals surface area (Å²) in [5, 5.41) is 89.6. The number of ketones is 2. The van der Waals surface area contributed by atoms with Crippen LogP contribution in [0.3, 0.4) is 0 Å². The Labute approximate surface area is 415 Å². The summed E-state index contributed by atoms with van der Waals surface area (Å²) < 4.78 is 2.48. The minimum atomic E-state index is -1.48. The maximum atomic E-state index is 12.9. The number of benzene rings is 6. The van der Waals surface area contributed by atoms with Gasteiger partial charge in [-0.25, -0.2) is 0 Å². The molecule has 2 heterocycles. The van der Waals surface area contributed by atoms with E-state index in [2.05, 4.69) is 30.7 Å². The van der Waals surface area contributed by atoms with Crippen LogP contribution in [0, 0.1) is 13.8 Å². The van der Waals surface area contributed by atoms with Gasteiger partial charge in [-0.1, -0.05) is 83.9 Å². The first-order valence-electron chi connectivity index (χ1n) is 19.8. The Morgan fingerprint density at radius 2 is 0.870 bits per heavy atom. The van der Waals surface area contributed by atoms with Crippen molar-refractivity contribution in [2.45, 2.75) is 13.8 Å². The second kappa shape index (κ2) is 21.4. The summed E-state index contributed by atoms with van der Waals surface area (Å²) in [6.07, 6.45) is 0. The molecule has 0 fully saturated rings. The molecule has 18 nitrogen and oxygen atoms in total. The van der Waals surface area contributed by atoms with Gasteiger partial charge in [0.15, 0.2) is 22.9 Å². The Balaban J connectivity index is 0.000000360.